The Morgan fingerprint density at radius 2 is 2.00 bits per heavy atom. The Morgan fingerprint density at radius 3 is 2.50 bits per heavy atom. The maximum atomic E-state index is 5.95. The van der Waals surface area contributed by atoms with Crippen LogP contribution in [0.15, 0.2) is 0 Å². The molecule has 0 radical (unpaired) electrons. The number of ether oxygens (including phenoxy) is 1. The van der Waals surface area contributed by atoms with Gasteiger partial charge >= 0.3 is 0 Å². The van der Waals surface area contributed by atoms with Crippen molar-refractivity contribution >= 4 is 0 Å². The molecule has 2 fully saturated rings. The Bertz CT molecular complexity index is 239. The van der Waals surface area contributed by atoms with Gasteiger partial charge in [-0.1, -0.05) is 34.1 Å². The van der Waals surface area contributed by atoms with Crippen molar-refractivity contribution in [3.05, 3.63) is 0 Å². The maximum Gasteiger partial charge on any atom is 0.0655 e. The number of hydrogen-bond acceptors (Lipinski definition) is 2. The minimum absolute atomic E-state index is 0.329. The molecule has 0 aromatic carbocycles. The van der Waals surface area contributed by atoms with Gasteiger partial charge in [0.15, 0.2) is 0 Å². The Kier molecular flexibility index (Phi) is 3.60. The van der Waals surface area contributed by atoms with Gasteiger partial charge in [0, 0.05) is 24.1 Å². The molecule has 0 amide bonds. The van der Waals surface area contributed by atoms with Gasteiger partial charge in [-0.25, -0.2) is 0 Å². The average Bonchev–Trinajstić information content (AvgIpc) is 2.92. The van der Waals surface area contributed by atoms with Crippen LogP contribution in [0.5, 0.6) is 0 Å². The minimum atomic E-state index is 0.329. The molecular weight excluding hydrogens is 198 g/mol. The lowest BCUT2D eigenvalue weighted by atomic mass is 9.64. The summed E-state index contributed by atoms with van der Waals surface area (Å²) in [5.41, 5.74) is 0.329. The van der Waals surface area contributed by atoms with Gasteiger partial charge in [0.05, 0.1) is 6.10 Å². The van der Waals surface area contributed by atoms with E-state index in [1.165, 1.54) is 25.7 Å². The summed E-state index contributed by atoms with van der Waals surface area (Å²) in [6.45, 7) is 10.2. The SMILES string of the molecule is CCCCOC1CC(NC2CC2C)C1(C)C. The first kappa shape index (κ1) is 12.4. The van der Waals surface area contributed by atoms with E-state index in [9.17, 15) is 0 Å². The van der Waals surface area contributed by atoms with Crippen LogP contribution in [0.4, 0.5) is 0 Å². The van der Waals surface area contributed by atoms with E-state index in [0.29, 0.717) is 17.6 Å². The summed E-state index contributed by atoms with van der Waals surface area (Å²) in [7, 11) is 0. The van der Waals surface area contributed by atoms with Crippen LogP contribution in [-0.4, -0.2) is 24.8 Å². The van der Waals surface area contributed by atoms with E-state index in [4.69, 9.17) is 4.74 Å². The van der Waals surface area contributed by atoms with Gasteiger partial charge in [0.1, 0.15) is 0 Å². The summed E-state index contributed by atoms with van der Waals surface area (Å²) < 4.78 is 5.95. The van der Waals surface area contributed by atoms with Crippen molar-refractivity contribution in [1.82, 2.24) is 5.32 Å². The second kappa shape index (κ2) is 4.66. The highest BCUT2D eigenvalue weighted by atomic mass is 16.5. The molecule has 16 heavy (non-hydrogen) atoms. The number of rotatable bonds is 6. The quantitative estimate of drug-likeness (QED) is 0.702. The predicted octanol–water partition coefficient (Wildman–Crippen LogP) is 2.97. The first-order valence-corrected chi connectivity index (χ1v) is 6.93. The largest absolute Gasteiger partial charge is 0.378 e. The lowest BCUT2D eigenvalue weighted by molar-refractivity contribution is -0.118. The summed E-state index contributed by atoms with van der Waals surface area (Å²) in [6.07, 6.45) is 5.48. The third kappa shape index (κ3) is 2.43. The van der Waals surface area contributed by atoms with E-state index in [0.717, 1.165) is 18.6 Å². The van der Waals surface area contributed by atoms with E-state index < -0.39 is 0 Å². The standard InChI is InChI=1S/C14H27NO/c1-5-6-7-16-13-9-12(14(13,3)4)15-11-8-10(11)2/h10-13,15H,5-9H2,1-4H3. The van der Waals surface area contributed by atoms with E-state index in [-0.39, 0.29) is 0 Å². The molecule has 2 aliphatic rings. The van der Waals surface area contributed by atoms with Crippen molar-refractivity contribution in [3.8, 4) is 0 Å². The molecule has 1 N–H and O–H groups in total. The molecule has 2 aliphatic carbocycles. The molecule has 0 saturated heterocycles. The first-order chi connectivity index (χ1) is 7.55. The minimum Gasteiger partial charge on any atom is -0.378 e. The van der Waals surface area contributed by atoms with Gasteiger partial charge in [0.25, 0.3) is 0 Å². The highest BCUT2D eigenvalue weighted by Gasteiger charge is 2.51. The van der Waals surface area contributed by atoms with Crippen LogP contribution in [0.2, 0.25) is 0 Å². The zero-order valence-electron chi connectivity index (χ0n) is 11.3. The Labute approximate surface area is 100 Å². The molecule has 0 spiro atoms. The molecule has 0 aromatic heterocycles. The molecule has 0 bridgehead atoms. The van der Waals surface area contributed by atoms with Crippen LogP contribution in [-0.2, 0) is 4.74 Å². The lowest BCUT2D eigenvalue weighted by Gasteiger charge is -2.52. The molecule has 0 heterocycles. The molecule has 4 atom stereocenters. The van der Waals surface area contributed by atoms with Crippen molar-refractivity contribution in [2.45, 2.75) is 71.6 Å². The van der Waals surface area contributed by atoms with Gasteiger partial charge in [0.2, 0.25) is 0 Å². The van der Waals surface area contributed by atoms with E-state index in [1.807, 2.05) is 0 Å². The van der Waals surface area contributed by atoms with Gasteiger partial charge < -0.3 is 10.1 Å². The Morgan fingerprint density at radius 1 is 1.31 bits per heavy atom. The third-order valence-corrected chi connectivity index (χ3v) is 4.52. The summed E-state index contributed by atoms with van der Waals surface area (Å²) in [4.78, 5) is 0. The fraction of sp³-hybridized carbons (Fsp3) is 1.00. The summed E-state index contributed by atoms with van der Waals surface area (Å²) in [5, 5.41) is 3.77. The smallest absolute Gasteiger partial charge is 0.0655 e. The highest BCUT2D eigenvalue weighted by Crippen LogP contribution is 2.45. The fourth-order valence-electron chi connectivity index (χ4n) is 2.63. The molecule has 2 heteroatoms. The normalized spacial score (nSPS) is 40.5. The summed E-state index contributed by atoms with van der Waals surface area (Å²) in [5.74, 6) is 0.899. The molecule has 2 rings (SSSR count). The number of unbranched alkanes of at least 4 members (excludes halogenated alkanes) is 1. The zero-order valence-corrected chi connectivity index (χ0v) is 11.3. The summed E-state index contributed by atoms with van der Waals surface area (Å²) >= 11 is 0. The summed E-state index contributed by atoms with van der Waals surface area (Å²) in [6, 6.07) is 1.47. The van der Waals surface area contributed by atoms with Crippen LogP contribution in [0.25, 0.3) is 0 Å². The molecule has 0 aromatic rings. The molecule has 4 unspecified atom stereocenters. The van der Waals surface area contributed by atoms with Crippen molar-refractivity contribution in [3.63, 3.8) is 0 Å². The highest BCUT2D eigenvalue weighted by molar-refractivity contribution is 5.06. The fourth-order valence-corrected chi connectivity index (χ4v) is 2.63. The molecule has 94 valence electrons. The van der Waals surface area contributed by atoms with E-state index >= 15 is 0 Å². The van der Waals surface area contributed by atoms with Gasteiger partial charge in [-0.3, -0.25) is 0 Å². The zero-order chi connectivity index (χ0) is 11.8. The third-order valence-electron chi connectivity index (χ3n) is 4.52. The Balaban J connectivity index is 1.70. The van der Waals surface area contributed by atoms with Crippen molar-refractivity contribution < 1.29 is 4.74 Å². The second-order valence-electron chi connectivity index (χ2n) is 6.31. The van der Waals surface area contributed by atoms with Gasteiger partial charge in [-0.05, 0) is 25.2 Å². The number of hydrogen-bond donors (Lipinski definition) is 1. The van der Waals surface area contributed by atoms with Crippen LogP contribution in [0.3, 0.4) is 0 Å². The molecule has 0 aliphatic heterocycles. The van der Waals surface area contributed by atoms with Crippen LogP contribution >= 0.6 is 0 Å². The maximum absolute atomic E-state index is 5.95. The van der Waals surface area contributed by atoms with Crippen molar-refractivity contribution in [2.75, 3.05) is 6.61 Å². The van der Waals surface area contributed by atoms with Crippen molar-refractivity contribution in [2.24, 2.45) is 11.3 Å². The van der Waals surface area contributed by atoms with E-state index in [1.54, 1.807) is 0 Å². The lowest BCUT2D eigenvalue weighted by Crippen LogP contribution is -2.61. The molecule has 2 nitrogen and oxygen atoms in total. The Hall–Kier alpha value is -0.0800. The van der Waals surface area contributed by atoms with Crippen LogP contribution in [0, 0.1) is 11.3 Å². The van der Waals surface area contributed by atoms with Crippen LogP contribution < -0.4 is 5.32 Å². The topological polar surface area (TPSA) is 21.3 Å². The number of nitrogens with one attached hydrogen (secondary N) is 1. The van der Waals surface area contributed by atoms with Gasteiger partial charge in [-0.15, -0.1) is 0 Å². The first-order valence-electron chi connectivity index (χ1n) is 6.93. The monoisotopic (exact) mass is 225 g/mol. The van der Waals surface area contributed by atoms with Crippen LogP contribution in [0.1, 0.15) is 53.4 Å². The second-order valence-corrected chi connectivity index (χ2v) is 6.31. The molecular formula is C14H27NO. The predicted molar refractivity (Wildman–Crippen MR) is 67.5 cm³/mol. The van der Waals surface area contributed by atoms with Crippen molar-refractivity contribution in [1.29, 1.82) is 0 Å². The van der Waals surface area contributed by atoms with E-state index in [2.05, 4.69) is 33.0 Å². The van der Waals surface area contributed by atoms with Gasteiger partial charge in [-0.2, -0.15) is 0 Å². The molecule has 2 saturated carbocycles. The average molecular weight is 225 g/mol.